The number of para-hydroxylation sites is 2. The number of carbonyl (C=O) groups is 2. The zero-order chi connectivity index (χ0) is 30.4. The molecule has 10 heteroatoms. The number of alkyl halides is 3. The number of pyridine rings is 1. The van der Waals surface area contributed by atoms with E-state index >= 15 is 0 Å². The summed E-state index contributed by atoms with van der Waals surface area (Å²) in [5.41, 5.74) is 2.19. The number of benzene rings is 2. The Morgan fingerprint density at radius 3 is 2.33 bits per heavy atom. The van der Waals surface area contributed by atoms with Crippen LogP contribution >= 0.6 is 0 Å². The van der Waals surface area contributed by atoms with Crippen LogP contribution in [0.2, 0.25) is 0 Å². The fourth-order valence-corrected chi connectivity index (χ4v) is 6.40. The first kappa shape index (κ1) is 28.8. The first-order chi connectivity index (χ1) is 20.5. The van der Waals surface area contributed by atoms with Crippen molar-refractivity contribution in [3.8, 4) is 0 Å². The summed E-state index contributed by atoms with van der Waals surface area (Å²) in [7, 11) is 0. The van der Waals surface area contributed by atoms with Gasteiger partial charge in [0.05, 0.1) is 29.5 Å². The predicted octanol–water partition coefficient (Wildman–Crippen LogP) is 6.07. The van der Waals surface area contributed by atoms with Gasteiger partial charge in [0.1, 0.15) is 5.82 Å². The number of nitrogens with one attached hydrogen (secondary N) is 1. The van der Waals surface area contributed by atoms with E-state index in [1.165, 1.54) is 12.1 Å². The smallest absolute Gasteiger partial charge is 0.357 e. The van der Waals surface area contributed by atoms with E-state index < -0.39 is 17.8 Å². The molecule has 3 aliphatic rings. The number of fused-ring (bicyclic) bond motifs is 1. The second-order valence-corrected chi connectivity index (χ2v) is 12.2. The second-order valence-electron chi connectivity index (χ2n) is 12.2. The van der Waals surface area contributed by atoms with Crippen LogP contribution in [-0.2, 0) is 15.8 Å². The van der Waals surface area contributed by atoms with Gasteiger partial charge in [-0.1, -0.05) is 44.2 Å². The molecule has 1 aliphatic carbocycles. The average molecular weight is 590 g/mol. The van der Waals surface area contributed by atoms with Crippen molar-refractivity contribution in [2.45, 2.75) is 38.9 Å². The van der Waals surface area contributed by atoms with Gasteiger partial charge in [0.2, 0.25) is 5.91 Å². The van der Waals surface area contributed by atoms with Gasteiger partial charge in [-0.15, -0.1) is 0 Å². The van der Waals surface area contributed by atoms with E-state index in [9.17, 15) is 22.8 Å². The molecule has 0 saturated carbocycles. The molecule has 1 fully saturated rings. The number of aromatic nitrogens is 1. The van der Waals surface area contributed by atoms with Crippen LogP contribution in [0.3, 0.4) is 0 Å². The first-order valence-corrected chi connectivity index (χ1v) is 14.5. The molecule has 3 aromatic rings. The Morgan fingerprint density at radius 2 is 1.65 bits per heavy atom. The van der Waals surface area contributed by atoms with Gasteiger partial charge >= 0.3 is 6.18 Å². The first-order valence-electron chi connectivity index (χ1n) is 14.5. The maximum atomic E-state index is 13.9. The molecular weight excluding hydrogens is 555 g/mol. The number of nitrogens with zero attached hydrogens (tertiary/aromatic N) is 4. The van der Waals surface area contributed by atoms with Crippen LogP contribution in [0.4, 0.5) is 30.4 Å². The number of hydrogen-bond acceptors (Lipinski definition) is 6. The highest BCUT2D eigenvalue weighted by atomic mass is 19.4. The van der Waals surface area contributed by atoms with Gasteiger partial charge in [-0.3, -0.25) is 9.59 Å². The number of anilines is 3. The van der Waals surface area contributed by atoms with Crippen LogP contribution in [0.15, 0.2) is 84.2 Å². The Morgan fingerprint density at radius 1 is 0.953 bits per heavy atom. The standard InChI is InChI=1S/C33H34F3N5O2/c1-32(2)19-25-30(27(42)20-32)31(22-10-12-23(13-11-22)33(34,35)36)41(26-8-4-3-7-24(26)38-25)21-29(43)40-17-15-39(16-18-40)28-9-5-6-14-37-28/h3-14,31,38H,15-21H2,1-2H3. The van der Waals surface area contributed by atoms with Crippen molar-refractivity contribution in [1.82, 2.24) is 9.88 Å². The molecule has 43 heavy (non-hydrogen) atoms. The van der Waals surface area contributed by atoms with Gasteiger partial charge in [0.25, 0.3) is 0 Å². The molecule has 0 spiro atoms. The minimum atomic E-state index is -4.49. The molecule has 224 valence electrons. The molecule has 0 radical (unpaired) electrons. The summed E-state index contributed by atoms with van der Waals surface area (Å²) < 4.78 is 40.5. The van der Waals surface area contributed by atoms with Crippen molar-refractivity contribution in [2.75, 3.05) is 47.8 Å². The molecule has 1 aromatic heterocycles. The lowest BCUT2D eigenvalue weighted by Gasteiger charge is -2.40. The Bertz CT molecular complexity index is 1540. The van der Waals surface area contributed by atoms with Gasteiger partial charge in [-0.2, -0.15) is 13.2 Å². The number of allylic oxidation sites excluding steroid dienone is 1. The number of piperazine rings is 1. The van der Waals surface area contributed by atoms with E-state index in [-0.39, 0.29) is 23.7 Å². The highest BCUT2D eigenvalue weighted by molar-refractivity contribution is 6.02. The number of rotatable bonds is 4. The highest BCUT2D eigenvalue weighted by Crippen LogP contribution is 2.48. The second kappa shape index (κ2) is 11.1. The van der Waals surface area contributed by atoms with Gasteiger partial charge in [0.15, 0.2) is 5.78 Å². The van der Waals surface area contributed by atoms with Crippen LogP contribution in [0, 0.1) is 5.41 Å². The lowest BCUT2D eigenvalue weighted by atomic mass is 9.73. The molecule has 1 N–H and O–H groups in total. The van der Waals surface area contributed by atoms with E-state index in [0.29, 0.717) is 55.8 Å². The minimum Gasteiger partial charge on any atom is -0.357 e. The van der Waals surface area contributed by atoms with Crippen molar-refractivity contribution in [3.63, 3.8) is 0 Å². The van der Waals surface area contributed by atoms with Crippen molar-refractivity contribution in [2.24, 2.45) is 5.41 Å². The van der Waals surface area contributed by atoms with Gasteiger partial charge in [-0.25, -0.2) is 4.98 Å². The van der Waals surface area contributed by atoms with Crippen molar-refractivity contribution < 1.29 is 22.8 Å². The summed E-state index contributed by atoms with van der Waals surface area (Å²) >= 11 is 0. The van der Waals surface area contributed by atoms with Crippen molar-refractivity contribution in [3.05, 3.63) is 95.3 Å². The molecule has 1 unspecified atom stereocenters. The average Bonchev–Trinajstić information content (AvgIpc) is 3.11. The fraction of sp³-hybridized carbons (Fsp3) is 0.364. The number of hydrogen-bond donors (Lipinski definition) is 1. The number of amides is 1. The maximum Gasteiger partial charge on any atom is 0.416 e. The topological polar surface area (TPSA) is 68.8 Å². The third kappa shape index (κ3) is 5.83. The number of Topliss-reactive ketones (excluding diaryl/α,β-unsaturated/α-hetero) is 1. The Hall–Kier alpha value is -4.34. The summed E-state index contributed by atoms with van der Waals surface area (Å²) in [5.74, 6) is 0.681. The third-order valence-electron chi connectivity index (χ3n) is 8.47. The lowest BCUT2D eigenvalue weighted by molar-refractivity contribution is -0.137. The highest BCUT2D eigenvalue weighted by Gasteiger charge is 2.42. The van der Waals surface area contributed by atoms with Crippen LogP contribution in [0.5, 0.6) is 0 Å². The van der Waals surface area contributed by atoms with Crippen LogP contribution in [0.25, 0.3) is 0 Å². The zero-order valence-corrected chi connectivity index (χ0v) is 24.2. The largest absolute Gasteiger partial charge is 0.416 e. The summed E-state index contributed by atoms with van der Waals surface area (Å²) in [6.07, 6.45) is -1.84. The zero-order valence-electron chi connectivity index (χ0n) is 24.2. The number of carbonyl (C=O) groups excluding carboxylic acids is 2. The monoisotopic (exact) mass is 589 g/mol. The van der Waals surface area contributed by atoms with E-state index in [1.54, 1.807) is 6.20 Å². The quantitative estimate of drug-likeness (QED) is 0.399. The molecule has 1 amide bonds. The Balaban J connectivity index is 1.37. The van der Waals surface area contributed by atoms with Crippen molar-refractivity contribution >= 4 is 28.9 Å². The summed E-state index contributed by atoms with van der Waals surface area (Å²) in [5, 5.41) is 3.49. The molecule has 7 nitrogen and oxygen atoms in total. The van der Waals surface area contributed by atoms with E-state index in [2.05, 4.69) is 15.2 Å². The molecule has 1 saturated heterocycles. The van der Waals surface area contributed by atoms with Gasteiger partial charge in [0, 0.05) is 50.1 Å². The SMILES string of the molecule is CC1(C)CC(=O)C2=C(C1)Nc1ccccc1N(CC(=O)N1CCN(c3ccccn3)CC1)C2c1ccc(C(F)(F)F)cc1. The van der Waals surface area contributed by atoms with E-state index in [0.717, 1.165) is 29.3 Å². The minimum absolute atomic E-state index is 0.0403. The maximum absolute atomic E-state index is 13.9. The number of ketones is 1. The molecule has 1 atom stereocenters. The van der Waals surface area contributed by atoms with E-state index in [4.69, 9.17) is 0 Å². The Labute approximate surface area is 249 Å². The lowest BCUT2D eigenvalue weighted by Crippen LogP contribution is -2.52. The summed E-state index contributed by atoms with van der Waals surface area (Å²) in [6, 6.07) is 17.5. The Kier molecular flexibility index (Phi) is 7.40. The predicted molar refractivity (Wildman–Crippen MR) is 160 cm³/mol. The molecule has 2 aromatic carbocycles. The van der Waals surface area contributed by atoms with Crippen LogP contribution < -0.4 is 15.1 Å². The normalized spacial score (nSPS) is 20.3. The van der Waals surface area contributed by atoms with Gasteiger partial charge < -0.3 is 20.0 Å². The molecule has 2 aliphatic heterocycles. The summed E-state index contributed by atoms with van der Waals surface area (Å²) in [6.45, 7) is 6.31. The van der Waals surface area contributed by atoms with Crippen LogP contribution in [-0.4, -0.2) is 54.3 Å². The molecule has 0 bridgehead atoms. The molecule has 6 rings (SSSR count). The summed E-state index contributed by atoms with van der Waals surface area (Å²) in [4.78, 5) is 38.0. The molecule has 3 heterocycles. The van der Waals surface area contributed by atoms with Crippen molar-refractivity contribution in [1.29, 1.82) is 0 Å². The molecular formula is C33H34F3N5O2. The fourth-order valence-electron chi connectivity index (χ4n) is 6.40. The third-order valence-corrected chi connectivity index (χ3v) is 8.47. The van der Waals surface area contributed by atoms with Gasteiger partial charge in [-0.05, 0) is 53.8 Å². The van der Waals surface area contributed by atoms with E-state index in [1.807, 2.05) is 66.1 Å². The number of halogens is 3. The van der Waals surface area contributed by atoms with Crippen LogP contribution in [0.1, 0.15) is 43.9 Å².